The molecule has 4 aromatic carbocycles. The molecule has 1 unspecified atom stereocenters. The van der Waals surface area contributed by atoms with Gasteiger partial charge in [0.25, 0.3) is 0 Å². The molecular weight excluding hydrogens is 1270 g/mol. The molecule has 0 aliphatic carbocycles. The molecule has 0 saturated carbocycles. The van der Waals surface area contributed by atoms with Gasteiger partial charge in [0.2, 0.25) is 53.2 Å². The summed E-state index contributed by atoms with van der Waals surface area (Å²) in [6.45, 7) is 6.36. The largest absolute Gasteiger partial charge is 0.497 e. The molecular formula is C68H84F2N10O13S2. The number of carbonyl (C=O) groups is 9. The second-order valence-corrected chi connectivity index (χ2v) is 26.9. The lowest BCUT2D eigenvalue weighted by Gasteiger charge is -2.37. The van der Waals surface area contributed by atoms with Gasteiger partial charge in [-0.3, -0.25) is 47.4 Å². The van der Waals surface area contributed by atoms with Gasteiger partial charge in [0, 0.05) is 104 Å². The summed E-state index contributed by atoms with van der Waals surface area (Å²) in [5.41, 5.74) is 1.72. The lowest BCUT2D eigenvalue weighted by Crippen LogP contribution is -2.63. The number of halogens is 2. The van der Waals surface area contributed by atoms with Crippen molar-refractivity contribution >= 4 is 86.6 Å². The van der Waals surface area contributed by atoms with Crippen molar-refractivity contribution in [2.45, 2.75) is 145 Å². The number of aromatic amines is 1. The van der Waals surface area contributed by atoms with E-state index in [4.69, 9.17) is 14.2 Å². The minimum Gasteiger partial charge on any atom is -0.497 e. The molecule has 0 spiro atoms. The number of likely N-dealkylation sites (N-methyl/N-ethyl adjacent to an activating group) is 1. The van der Waals surface area contributed by atoms with E-state index in [-0.39, 0.29) is 69.7 Å². The highest BCUT2D eigenvalue weighted by molar-refractivity contribution is 7.98. The van der Waals surface area contributed by atoms with E-state index >= 15 is 28.4 Å². The number of nitrogens with zero attached hydrogens (tertiary/aromatic N) is 2. The number of carbonyl (C=O) groups excluding carboxylic acids is 9. The molecule has 8 N–H and O–H groups in total. The first-order valence-corrected chi connectivity index (χ1v) is 34.2. The van der Waals surface area contributed by atoms with Crippen LogP contribution in [0.1, 0.15) is 87.6 Å². The van der Waals surface area contributed by atoms with Gasteiger partial charge in [-0.15, -0.1) is 0 Å². The summed E-state index contributed by atoms with van der Waals surface area (Å²) in [7, 11) is 2.56. The first-order chi connectivity index (χ1) is 45.4. The first-order valence-electron chi connectivity index (χ1n) is 31.6. The van der Waals surface area contributed by atoms with Crippen LogP contribution < -0.4 is 46.7 Å². The van der Waals surface area contributed by atoms with Crippen molar-refractivity contribution in [3.63, 3.8) is 0 Å². The van der Waals surface area contributed by atoms with E-state index in [2.05, 4.69) is 42.2 Å². The second kappa shape index (κ2) is 33.6. The number of benzene rings is 4. The molecule has 4 heterocycles. The van der Waals surface area contributed by atoms with Crippen molar-refractivity contribution in [3.05, 3.63) is 143 Å². The van der Waals surface area contributed by atoms with Gasteiger partial charge < -0.3 is 66.2 Å². The fraction of sp³-hybridized carbons (Fsp3) is 0.456. The summed E-state index contributed by atoms with van der Waals surface area (Å²) in [5, 5.41) is 19.7. The Morgan fingerprint density at radius 2 is 1.48 bits per heavy atom. The Balaban J connectivity index is 1.15. The first kappa shape index (κ1) is 72.1. The normalized spacial score (nSPS) is 25.8. The highest BCUT2D eigenvalue weighted by Crippen LogP contribution is 2.31. The van der Waals surface area contributed by atoms with Crippen molar-refractivity contribution in [2.24, 2.45) is 0 Å². The standard InChI is InChI=1S/C68H84F2N10O13S2/c1-40-60(82)74-41(2)61(83)75-54-34-44-13-11-14-51(32-44)93-26-10-8-9-15-57(79(5)65(87)56(76-62(54)84)35-47-37-72-53-21-18-48(69)36-52(47)53)63(85)78-59(42(3)91-6)64(86)77-55(33-43-16-19-50(92-7)20-17-43)66(88)80-25-12-23-68(80,4)67(89)71-24-27-94-38-45-29-46(31-49(70)30-45)39-95(90)28-22-58(81)73-40/h8,10-11,13-14,16-21,29-32,36-37,40-42,54-57,59,72H,9,12,15,22-28,33-35,38-39H2,1-7H3,(H,71,89)(H,73,81)(H,74,82)(H,75,83)(H,76,84)(H,77,86)(H,78,85)/b10-8-/t40-,41+,42+,54-,55-,56-,57-,59-,68-,95?/m0/s1. The number of H-pyrrole nitrogens is 1. The molecule has 3 aliphatic heterocycles. The third kappa shape index (κ3) is 19.5. The zero-order valence-electron chi connectivity index (χ0n) is 54.3. The van der Waals surface area contributed by atoms with E-state index in [1.54, 1.807) is 86.8 Å². The summed E-state index contributed by atoms with van der Waals surface area (Å²) < 4.78 is 60.5. The Labute approximate surface area is 557 Å². The maximum atomic E-state index is 15.5. The smallest absolute Gasteiger partial charge is 0.246 e. The van der Waals surface area contributed by atoms with E-state index in [0.29, 0.717) is 74.6 Å². The van der Waals surface area contributed by atoms with Crippen LogP contribution in [0, 0.1) is 11.6 Å². The molecule has 8 rings (SSSR count). The molecule has 1 saturated heterocycles. The number of amides is 9. The maximum absolute atomic E-state index is 15.5. The van der Waals surface area contributed by atoms with Crippen LogP contribution in [0.15, 0.2) is 103 Å². The number of ether oxygens (including phenoxy) is 3. The topological polar surface area (TPSA) is 305 Å². The molecule has 5 aromatic rings. The molecule has 23 nitrogen and oxygen atoms in total. The van der Waals surface area contributed by atoms with E-state index in [1.165, 1.54) is 82.1 Å². The fourth-order valence-electron chi connectivity index (χ4n) is 11.7. The second-order valence-electron chi connectivity index (χ2n) is 24.2. The van der Waals surface area contributed by atoms with Gasteiger partial charge in [0.15, 0.2) is 0 Å². The average Bonchev–Trinajstić information content (AvgIpc) is 1.70. The zero-order valence-corrected chi connectivity index (χ0v) is 55.9. The fourth-order valence-corrected chi connectivity index (χ4v) is 13.6. The number of fused-ring (bicyclic) bond motifs is 12. The lowest BCUT2D eigenvalue weighted by atomic mass is 9.95. The number of rotatable bonds is 7. The van der Waals surface area contributed by atoms with E-state index in [9.17, 15) is 27.8 Å². The molecule has 3 aliphatic rings. The number of methoxy groups -OCH3 is 2. The number of hydrogen-bond acceptors (Lipinski definition) is 14. The quantitative estimate of drug-likeness (QED) is 0.107. The van der Waals surface area contributed by atoms with E-state index < -0.39 is 130 Å². The number of allylic oxidation sites excluding steroid dienone is 1. The van der Waals surface area contributed by atoms with Gasteiger partial charge in [0.1, 0.15) is 77.6 Å². The van der Waals surface area contributed by atoms with Gasteiger partial charge in [-0.05, 0) is 136 Å². The van der Waals surface area contributed by atoms with Gasteiger partial charge >= 0.3 is 0 Å². The molecule has 10 atom stereocenters. The number of hydrogen-bond donors (Lipinski definition) is 8. The Kier molecular flexibility index (Phi) is 25.5. The predicted octanol–water partition coefficient (Wildman–Crippen LogP) is 4.11. The minimum atomic E-state index is -1.64. The zero-order chi connectivity index (χ0) is 68.5. The summed E-state index contributed by atoms with van der Waals surface area (Å²) in [5.74, 6) is -6.23. The van der Waals surface area contributed by atoms with Gasteiger partial charge in [-0.25, -0.2) is 8.78 Å². The SMILES string of the molecule is COc1ccc(C[C@@H]2NC(=O)[C@H]([C@@H](C)OC)NC(=O)[C@@H]3CC/C=C\COc4cccc(c4)C[C@H](NC(=O)[C@@H](C)NC(=O)[C@H](C)NC(=O)CCS(=O)Cc4cc(F)cc(c4)CSCCNC(=O)[C@]4(C)CCCN4C2=O)C(=O)N[C@@H](Cc2c[nH]c4ccc(F)cc24)C(=O)N3C)cc1. The molecule has 95 heavy (non-hydrogen) atoms. The van der Waals surface area contributed by atoms with Crippen molar-refractivity contribution in [3.8, 4) is 11.5 Å². The molecule has 0 radical (unpaired) electrons. The van der Waals surface area contributed by atoms with Crippen LogP contribution in [0.5, 0.6) is 11.5 Å². The van der Waals surface area contributed by atoms with E-state index in [0.717, 1.165) is 4.90 Å². The Bertz CT molecular complexity index is 3670. The Morgan fingerprint density at radius 3 is 2.24 bits per heavy atom. The Hall–Kier alpha value is -8.69. The van der Waals surface area contributed by atoms with Crippen molar-refractivity contribution in [1.82, 2.24) is 52.0 Å². The maximum Gasteiger partial charge on any atom is 0.246 e. The van der Waals surface area contributed by atoms with E-state index in [1.807, 2.05) is 0 Å². The highest BCUT2D eigenvalue weighted by atomic mass is 32.2. The van der Waals surface area contributed by atoms with Crippen LogP contribution in [0.4, 0.5) is 8.78 Å². The lowest BCUT2D eigenvalue weighted by molar-refractivity contribution is -0.147. The molecule has 9 amide bonds. The number of thioether (sulfide) groups is 1. The van der Waals surface area contributed by atoms with Crippen LogP contribution >= 0.6 is 11.8 Å². The van der Waals surface area contributed by atoms with Crippen molar-refractivity contribution < 1.29 is 70.4 Å². The summed E-state index contributed by atoms with van der Waals surface area (Å²) in [6.07, 6.45) is 4.08. The third-order valence-corrected chi connectivity index (χ3v) is 19.6. The predicted molar refractivity (Wildman–Crippen MR) is 355 cm³/mol. The van der Waals surface area contributed by atoms with Gasteiger partial charge in [-0.2, -0.15) is 11.8 Å². The van der Waals surface area contributed by atoms with Crippen molar-refractivity contribution in [1.29, 1.82) is 0 Å². The molecule has 1 aromatic heterocycles. The summed E-state index contributed by atoms with van der Waals surface area (Å²) >= 11 is 1.41. The molecule has 27 heteroatoms. The minimum absolute atomic E-state index is 0.0546. The molecule has 1 fully saturated rings. The Morgan fingerprint density at radius 1 is 0.758 bits per heavy atom. The van der Waals surface area contributed by atoms with Gasteiger partial charge in [0.05, 0.1) is 13.2 Å². The van der Waals surface area contributed by atoms with Crippen LogP contribution in [-0.4, -0.2) is 179 Å². The van der Waals surface area contributed by atoms with Crippen LogP contribution in [0.3, 0.4) is 0 Å². The van der Waals surface area contributed by atoms with Crippen molar-refractivity contribution in [2.75, 3.05) is 52.5 Å². The van der Waals surface area contributed by atoms with Crippen LogP contribution in [0.25, 0.3) is 10.9 Å². The van der Waals surface area contributed by atoms with Crippen LogP contribution in [0.2, 0.25) is 0 Å². The third-order valence-electron chi connectivity index (χ3n) is 17.2. The summed E-state index contributed by atoms with van der Waals surface area (Å²) in [6, 6.07) is 12.3. The monoisotopic (exact) mass is 1350 g/mol. The van der Waals surface area contributed by atoms with Gasteiger partial charge in [-0.1, -0.05) is 42.5 Å². The van der Waals surface area contributed by atoms with Crippen LogP contribution in [-0.2, 0) is 89.5 Å². The average molecular weight is 1350 g/mol. The molecule has 6 bridgehead atoms. The number of nitrogens with one attached hydrogen (secondary N) is 8. The summed E-state index contributed by atoms with van der Waals surface area (Å²) in [4.78, 5) is 137. The highest BCUT2D eigenvalue weighted by Gasteiger charge is 2.48. The number of aromatic nitrogens is 1. The molecule has 510 valence electrons.